The van der Waals surface area contributed by atoms with Crippen molar-refractivity contribution < 1.29 is 31.5 Å². The molecule has 2 heterocycles. The SMILES string of the molecule is O=C(O)C1CCN(S(=O)(=O)c2cnn(CC(F)(F)F)c2)CC1. The molecular weight excluding hydrogens is 327 g/mol. The molecule has 0 aromatic carbocycles. The van der Waals surface area contributed by atoms with Crippen molar-refractivity contribution in [3.8, 4) is 0 Å². The van der Waals surface area contributed by atoms with Crippen molar-refractivity contribution >= 4 is 16.0 Å². The van der Waals surface area contributed by atoms with Crippen LogP contribution in [-0.2, 0) is 21.4 Å². The maximum Gasteiger partial charge on any atom is 0.408 e. The highest BCUT2D eigenvalue weighted by molar-refractivity contribution is 7.89. The normalized spacial score (nSPS) is 18.5. The van der Waals surface area contributed by atoms with Crippen LogP contribution in [0.2, 0.25) is 0 Å². The first-order chi connectivity index (χ1) is 10.1. The fourth-order valence-electron chi connectivity index (χ4n) is 2.24. The van der Waals surface area contributed by atoms with Crippen molar-refractivity contribution in [2.75, 3.05) is 13.1 Å². The molecule has 0 bridgehead atoms. The van der Waals surface area contributed by atoms with Crippen molar-refractivity contribution in [2.45, 2.75) is 30.5 Å². The molecule has 7 nitrogen and oxygen atoms in total. The number of halogens is 3. The molecule has 0 amide bonds. The topological polar surface area (TPSA) is 92.5 Å². The number of rotatable bonds is 4. The first-order valence-corrected chi connectivity index (χ1v) is 7.86. The summed E-state index contributed by atoms with van der Waals surface area (Å²) >= 11 is 0. The largest absolute Gasteiger partial charge is 0.481 e. The monoisotopic (exact) mass is 341 g/mol. The fraction of sp³-hybridized carbons (Fsp3) is 0.636. The van der Waals surface area contributed by atoms with E-state index in [9.17, 15) is 26.4 Å². The van der Waals surface area contributed by atoms with Crippen LogP contribution in [0.4, 0.5) is 13.2 Å². The standard InChI is InChI=1S/C11H14F3N3O4S/c12-11(13,14)7-16-6-9(5-15-16)22(20,21)17-3-1-8(2-4-17)10(18)19/h5-6,8H,1-4,7H2,(H,18,19). The Morgan fingerprint density at radius 1 is 1.36 bits per heavy atom. The Morgan fingerprint density at radius 2 is 1.95 bits per heavy atom. The lowest BCUT2D eigenvalue weighted by atomic mass is 9.99. The van der Waals surface area contributed by atoms with Gasteiger partial charge in [-0.25, -0.2) is 8.42 Å². The summed E-state index contributed by atoms with van der Waals surface area (Å²) in [5.74, 6) is -1.57. The quantitative estimate of drug-likeness (QED) is 0.879. The minimum absolute atomic E-state index is 0.0176. The zero-order valence-electron chi connectivity index (χ0n) is 11.3. The van der Waals surface area contributed by atoms with E-state index in [-0.39, 0.29) is 30.8 Å². The average molecular weight is 341 g/mol. The smallest absolute Gasteiger partial charge is 0.408 e. The summed E-state index contributed by atoms with van der Waals surface area (Å²) in [6.45, 7) is -1.34. The Hall–Kier alpha value is -1.62. The summed E-state index contributed by atoms with van der Waals surface area (Å²) in [4.78, 5) is 10.5. The number of hydrogen-bond acceptors (Lipinski definition) is 4. The van der Waals surface area contributed by atoms with Crippen molar-refractivity contribution in [1.29, 1.82) is 0 Å². The summed E-state index contributed by atoms with van der Waals surface area (Å²) in [6.07, 6.45) is -2.46. The highest BCUT2D eigenvalue weighted by Gasteiger charge is 2.34. The van der Waals surface area contributed by atoms with Gasteiger partial charge in [0.1, 0.15) is 11.4 Å². The molecule has 0 aliphatic carbocycles. The van der Waals surface area contributed by atoms with Gasteiger partial charge in [0.2, 0.25) is 10.0 Å². The van der Waals surface area contributed by atoms with Gasteiger partial charge in [0.05, 0.1) is 12.1 Å². The Balaban J connectivity index is 2.10. The number of hydrogen-bond donors (Lipinski definition) is 1. The molecule has 1 aliphatic heterocycles. The van der Waals surface area contributed by atoms with Gasteiger partial charge in [-0.2, -0.15) is 22.6 Å². The number of alkyl halides is 3. The van der Waals surface area contributed by atoms with Gasteiger partial charge in [0, 0.05) is 19.3 Å². The predicted molar refractivity (Wildman–Crippen MR) is 67.4 cm³/mol. The highest BCUT2D eigenvalue weighted by Crippen LogP contribution is 2.24. The maximum absolute atomic E-state index is 12.3. The number of sulfonamides is 1. The molecule has 0 saturated carbocycles. The van der Waals surface area contributed by atoms with Gasteiger partial charge in [-0.05, 0) is 12.8 Å². The molecule has 0 unspecified atom stereocenters. The van der Waals surface area contributed by atoms with Crippen LogP contribution in [0.25, 0.3) is 0 Å². The first kappa shape index (κ1) is 16.7. The summed E-state index contributed by atoms with van der Waals surface area (Å²) < 4.78 is 62.9. The van der Waals surface area contributed by atoms with Crippen LogP contribution >= 0.6 is 0 Å². The molecule has 22 heavy (non-hydrogen) atoms. The van der Waals surface area contributed by atoms with Crippen molar-refractivity contribution in [3.05, 3.63) is 12.4 Å². The number of carboxylic acids is 1. The van der Waals surface area contributed by atoms with Crippen LogP contribution in [0.15, 0.2) is 17.3 Å². The van der Waals surface area contributed by atoms with Crippen LogP contribution in [-0.4, -0.2) is 52.8 Å². The molecular formula is C11H14F3N3O4S. The van der Waals surface area contributed by atoms with E-state index in [0.717, 1.165) is 16.7 Å². The number of carbonyl (C=O) groups is 1. The molecule has 1 aliphatic rings. The van der Waals surface area contributed by atoms with Crippen LogP contribution in [0.5, 0.6) is 0 Å². The Labute approximate surface area is 124 Å². The third kappa shape index (κ3) is 3.77. The Bertz CT molecular complexity index is 648. The summed E-state index contributed by atoms with van der Waals surface area (Å²) in [5, 5.41) is 12.3. The summed E-state index contributed by atoms with van der Waals surface area (Å²) in [7, 11) is -3.96. The van der Waals surface area contributed by atoms with Crippen LogP contribution < -0.4 is 0 Å². The summed E-state index contributed by atoms with van der Waals surface area (Å²) in [5.41, 5.74) is 0. The third-order valence-corrected chi connectivity index (χ3v) is 5.24. The first-order valence-electron chi connectivity index (χ1n) is 6.42. The van der Waals surface area contributed by atoms with Gasteiger partial charge >= 0.3 is 12.1 Å². The minimum Gasteiger partial charge on any atom is -0.481 e. The molecule has 1 aromatic heterocycles. The molecule has 0 radical (unpaired) electrons. The van der Waals surface area contributed by atoms with E-state index in [1.807, 2.05) is 0 Å². The molecule has 1 saturated heterocycles. The zero-order valence-corrected chi connectivity index (χ0v) is 12.1. The van der Waals surface area contributed by atoms with Gasteiger partial charge in [0.25, 0.3) is 0 Å². The van der Waals surface area contributed by atoms with E-state index in [2.05, 4.69) is 5.10 Å². The zero-order chi connectivity index (χ0) is 16.5. The van der Waals surface area contributed by atoms with Crippen LogP contribution in [0.1, 0.15) is 12.8 Å². The Morgan fingerprint density at radius 3 is 2.45 bits per heavy atom. The average Bonchev–Trinajstić information content (AvgIpc) is 2.85. The van der Waals surface area contributed by atoms with Gasteiger partial charge in [0.15, 0.2) is 0 Å². The lowest BCUT2D eigenvalue weighted by molar-refractivity contribution is -0.143. The lowest BCUT2D eigenvalue weighted by Crippen LogP contribution is -2.40. The van der Waals surface area contributed by atoms with Gasteiger partial charge in [-0.1, -0.05) is 0 Å². The molecule has 0 atom stereocenters. The number of aromatic nitrogens is 2. The minimum atomic E-state index is -4.49. The van der Waals surface area contributed by atoms with Crippen LogP contribution in [0, 0.1) is 5.92 Å². The second-order valence-corrected chi connectivity index (χ2v) is 6.94. The van der Waals surface area contributed by atoms with E-state index in [1.165, 1.54) is 0 Å². The van der Waals surface area contributed by atoms with Crippen LogP contribution in [0.3, 0.4) is 0 Å². The van der Waals surface area contributed by atoms with Gasteiger partial charge < -0.3 is 5.11 Å². The van der Waals surface area contributed by atoms with Gasteiger partial charge in [-0.15, -0.1) is 0 Å². The molecule has 0 spiro atoms. The molecule has 1 fully saturated rings. The van der Waals surface area contributed by atoms with Crippen molar-refractivity contribution in [2.24, 2.45) is 5.92 Å². The van der Waals surface area contributed by atoms with E-state index < -0.39 is 34.6 Å². The number of carboxylic acid groups (broad SMARTS) is 1. The van der Waals surface area contributed by atoms with Crippen molar-refractivity contribution in [1.82, 2.24) is 14.1 Å². The molecule has 1 aromatic rings. The predicted octanol–water partition coefficient (Wildman–Crippen LogP) is 0.931. The molecule has 124 valence electrons. The van der Waals surface area contributed by atoms with E-state index in [1.54, 1.807) is 0 Å². The number of nitrogens with zero attached hydrogens (tertiary/aromatic N) is 3. The second kappa shape index (κ2) is 5.88. The molecule has 11 heteroatoms. The molecule has 2 rings (SSSR count). The highest BCUT2D eigenvalue weighted by atomic mass is 32.2. The molecule has 1 N–H and O–H groups in total. The number of aliphatic carboxylic acids is 1. The Kier molecular flexibility index (Phi) is 4.47. The summed E-state index contributed by atoms with van der Waals surface area (Å²) in [6, 6.07) is 0. The fourth-order valence-corrected chi connectivity index (χ4v) is 3.67. The van der Waals surface area contributed by atoms with Gasteiger partial charge in [-0.3, -0.25) is 9.48 Å². The maximum atomic E-state index is 12.3. The van der Waals surface area contributed by atoms with E-state index in [4.69, 9.17) is 5.11 Å². The van der Waals surface area contributed by atoms with Crippen molar-refractivity contribution in [3.63, 3.8) is 0 Å². The third-order valence-electron chi connectivity index (χ3n) is 3.39. The second-order valence-electron chi connectivity index (χ2n) is 5.01. The van der Waals surface area contributed by atoms with E-state index >= 15 is 0 Å². The van der Waals surface area contributed by atoms with E-state index in [0.29, 0.717) is 4.68 Å². The lowest BCUT2D eigenvalue weighted by Gasteiger charge is -2.28. The number of piperidine rings is 1.